The molecule has 1 aromatic carbocycles. The van der Waals surface area contributed by atoms with Gasteiger partial charge in [-0.2, -0.15) is 0 Å². The van der Waals surface area contributed by atoms with Gasteiger partial charge in [-0.25, -0.2) is 14.4 Å². The van der Waals surface area contributed by atoms with E-state index in [1.165, 1.54) is 19.2 Å². The highest BCUT2D eigenvalue weighted by molar-refractivity contribution is 7.98. The first-order chi connectivity index (χ1) is 12.6. The normalized spacial score (nSPS) is 14.5. The number of nitrogens with one attached hydrogen (secondary N) is 1. The molecular formula is C20H23FN4S. The van der Waals surface area contributed by atoms with Gasteiger partial charge in [0.1, 0.15) is 12.1 Å². The summed E-state index contributed by atoms with van der Waals surface area (Å²) in [6.45, 7) is 6.04. The maximum Gasteiger partial charge on any atom is 0.133 e. The lowest BCUT2D eigenvalue weighted by Gasteiger charge is -2.10. The van der Waals surface area contributed by atoms with E-state index in [0.29, 0.717) is 17.2 Å². The number of nitrogens with zero attached hydrogens (tertiary/aromatic N) is 3. The lowest BCUT2D eigenvalue weighted by atomic mass is 10.1. The average molecular weight is 370 g/mol. The van der Waals surface area contributed by atoms with Crippen molar-refractivity contribution in [3.8, 4) is 11.3 Å². The Morgan fingerprint density at radius 1 is 1.35 bits per heavy atom. The summed E-state index contributed by atoms with van der Waals surface area (Å²) in [5.41, 5.74) is 3.33. The number of hydrogen-bond acceptors (Lipinski definition) is 4. The van der Waals surface area contributed by atoms with Crippen molar-refractivity contribution in [1.82, 2.24) is 19.3 Å². The molecule has 1 aliphatic carbocycles. The Labute approximate surface area is 157 Å². The fourth-order valence-corrected chi connectivity index (χ4v) is 3.98. The Bertz CT molecular complexity index is 903. The molecule has 1 N–H and O–H groups in total. The van der Waals surface area contributed by atoms with E-state index in [9.17, 15) is 4.39 Å². The standard InChI is InChI=1S/C20H23FN4S/c1-13(2)10-25-11-14(9-24-26-15-3-4-15)16-7-18(21)17(8-20(16)25)19-5-6-22-12-23-19/h5-8,11-13,15,24H,3-4,9-10H2,1-2H3. The highest BCUT2D eigenvalue weighted by Crippen LogP contribution is 2.33. The zero-order valence-corrected chi connectivity index (χ0v) is 15.9. The Morgan fingerprint density at radius 2 is 2.19 bits per heavy atom. The predicted molar refractivity (Wildman–Crippen MR) is 105 cm³/mol. The van der Waals surface area contributed by atoms with Gasteiger partial charge < -0.3 is 4.57 Å². The third-order valence-corrected chi connectivity index (χ3v) is 5.62. The second-order valence-electron chi connectivity index (χ2n) is 7.28. The van der Waals surface area contributed by atoms with Crippen LogP contribution in [0.5, 0.6) is 0 Å². The van der Waals surface area contributed by atoms with Gasteiger partial charge in [-0.1, -0.05) is 25.8 Å². The summed E-state index contributed by atoms with van der Waals surface area (Å²) in [4.78, 5) is 8.14. The summed E-state index contributed by atoms with van der Waals surface area (Å²) in [6, 6.07) is 5.32. The quantitative estimate of drug-likeness (QED) is 0.607. The van der Waals surface area contributed by atoms with Crippen LogP contribution >= 0.6 is 11.9 Å². The Morgan fingerprint density at radius 3 is 2.88 bits per heavy atom. The smallest absolute Gasteiger partial charge is 0.133 e. The minimum Gasteiger partial charge on any atom is -0.347 e. The van der Waals surface area contributed by atoms with Gasteiger partial charge in [-0.15, -0.1) is 0 Å². The Hall–Kier alpha value is -1.92. The average Bonchev–Trinajstić information content (AvgIpc) is 3.39. The van der Waals surface area contributed by atoms with Crippen molar-refractivity contribution in [2.75, 3.05) is 0 Å². The molecule has 0 radical (unpaired) electrons. The number of benzene rings is 1. The molecule has 0 saturated heterocycles. The van der Waals surface area contributed by atoms with E-state index in [1.807, 2.05) is 6.07 Å². The fourth-order valence-electron chi connectivity index (χ4n) is 3.14. The molecule has 26 heavy (non-hydrogen) atoms. The van der Waals surface area contributed by atoms with Gasteiger partial charge in [0, 0.05) is 47.2 Å². The largest absolute Gasteiger partial charge is 0.347 e. The second kappa shape index (κ2) is 7.37. The molecule has 1 aliphatic rings. The number of rotatable bonds is 7. The molecule has 0 atom stereocenters. The molecule has 4 nitrogen and oxygen atoms in total. The molecule has 136 valence electrons. The van der Waals surface area contributed by atoms with Crippen LogP contribution in [0.25, 0.3) is 22.2 Å². The van der Waals surface area contributed by atoms with Crippen LogP contribution in [0, 0.1) is 11.7 Å². The predicted octanol–water partition coefficient (Wildman–Crippen LogP) is 4.79. The molecule has 2 heterocycles. The SMILES string of the molecule is CC(C)Cn1cc(CNSC2CC2)c2cc(F)c(-c3ccncn3)cc21. The van der Waals surface area contributed by atoms with Crippen LogP contribution in [-0.2, 0) is 13.1 Å². The van der Waals surface area contributed by atoms with Crippen LogP contribution < -0.4 is 4.72 Å². The van der Waals surface area contributed by atoms with Crippen LogP contribution in [-0.4, -0.2) is 19.8 Å². The van der Waals surface area contributed by atoms with E-state index >= 15 is 0 Å². The third kappa shape index (κ3) is 3.76. The van der Waals surface area contributed by atoms with Gasteiger partial charge in [0.15, 0.2) is 0 Å². The molecule has 0 bridgehead atoms. The zero-order valence-electron chi connectivity index (χ0n) is 15.1. The van der Waals surface area contributed by atoms with E-state index in [0.717, 1.165) is 34.8 Å². The maximum atomic E-state index is 14.8. The number of halogens is 1. The highest BCUT2D eigenvalue weighted by Gasteiger charge is 2.22. The number of hydrogen-bond donors (Lipinski definition) is 1. The lowest BCUT2D eigenvalue weighted by Crippen LogP contribution is -2.05. The fraction of sp³-hybridized carbons (Fsp3) is 0.400. The van der Waals surface area contributed by atoms with Crippen LogP contribution in [0.4, 0.5) is 4.39 Å². The molecule has 4 rings (SSSR count). The molecular weight excluding hydrogens is 347 g/mol. The monoisotopic (exact) mass is 370 g/mol. The summed E-state index contributed by atoms with van der Waals surface area (Å²) in [6.07, 6.45) is 7.85. The van der Waals surface area contributed by atoms with Gasteiger partial charge in [-0.05, 0) is 42.5 Å². The molecule has 0 spiro atoms. The third-order valence-electron chi connectivity index (χ3n) is 4.51. The van der Waals surface area contributed by atoms with E-state index in [2.05, 4.69) is 39.3 Å². The number of fused-ring (bicyclic) bond motifs is 1. The summed E-state index contributed by atoms with van der Waals surface area (Å²) in [5, 5.41) is 1.73. The van der Waals surface area contributed by atoms with Crippen LogP contribution in [0.1, 0.15) is 32.3 Å². The highest BCUT2D eigenvalue weighted by atomic mass is 32.2. The molecule has 2 aromatic heterocycles. The van der Waals surface area contributed by atoms with Gasteiger partial charge >= 0.3 is 0 Å². The van der Waals surface area contributed by atoms with Gasteiger partial charge in [0.05, 0.1) is 5.69 Å². The van der Waals surface area contributed by atoms with Crippen molar-refractivity contribution >= 4 is 22.9 Å². The van der Waals surface area contributed by atoms with Crippen molar-refractivity contribution in [2.45, 2.75) is 45.0 Å². The minimum absolute atomic E-state index is 0.241. The van der Waals surface area contributed by atoms with Crippen molar-refractivity contribution in [2.24, 2.45) is 5.92 Å². The summed E-state index contributed by atoms with van der Waals surface area (Å²) >= 11 is 1.80. The van der Waals surface area contributed by atoms with Crippen molar-refractivity contribution in [1.29, 1.82) is 0 Å². The molecule has 6 heteroatoms. The molecule has 3 aromatic rings. The molecule has 0 aliphatic heterocycles. The maximum absolute atomic E-state index is 14.8. The summed E-state index contributed by atoms with van der Waals surface area (Å²) in [5.74, 6) is 0.273. The van der Waals surface area contributed by atoms with Crippen LogP contribution in [0.3, 0.4) is 0 Å². The second-order valence-corrected chi connectivity index (χ2v) is 8.47. The molecule has 0 unspecified atom stereocenters. The summed E-state index contributed by atoms with van der Waals surface area (Å²) < 4.78 is 20.5. The van der Waals surface area contributed by atoms with Crippen molar-refractivity contribution < 1.29 is 4.39 Å². The first kappa shape index (κ1) is 17.5. The van der Waals surface area contributed by atoms with E-state index in [4.69, 9.17) is 0 Å². The van der Waals surface area contributed by atoms with Gasteiger partial charge in [-0.3, -0.25) is 4.72 Å². The zero-order chi connectivity index (χ0) is 18.1. The van der Waals surface area contributed by atoms with E-state index < -0.39 is 0 Å². The minimum atomic E-state index is -0.241. The Kier molecular flexibility index (Phi) is 4.96. The van der Waals surface area contributed by atoms with Crippen molar-refractivity contribution in [3.05, 3.63) is 48.3 Å². The van der Waals surface area contributed by atoms with Gasteiger partial charge in [0.25, 0.3) is 0 Å². The lowest BCUT2D eigenvalue weighted by molar-refractivity contribution is 0.534. The Balaban J connectivity index is 1.74. The first-order valence-corrected chi connectivity index (χ1v) is 9.96. The van der Waals surface area contributed by atoms with Crippen molar-refractivity contribution in [3.63, 3.8) is 0 Å². The number of aromatic nitrogens is 3. The topological polar surface area (TPSA) is 42.7 Å². The van der Waals surface area contributed by atoms with Gasteiger partial charge in [0.2, 0.25) is 0 Å². The molecule has 1 saturated carbocycles. The van der Waals surface area contributed by atoms with Crippen LogP contribution in [0.2, 0.25) is 0 Å². The first-order valence-electron chi connectivity index (χ1n) is 9.08. The summed E-state index contributed by atoms with van der Waals surface area (Å²) in [7, 11) is 0. The molecule has 1 fully saturated rings. The van der Waals surface area contributed by atoms with E-state index in [1.54, 1.807) is 30.3 Å². The van der Waals surface area contributed by atoms with Crippen LogP contribution in [0.15, 0.2) is 36.9 Å². The van der Waals surface area contributed by atoms with E-state index in [-0.39, 0.29) is 5.82 Å². The molecule has 0 amide bonds.